The SMILES string of the molecule is CC(C)C[C@@H](NC(=O)COc1ccc(Cl)cc1[N+](=O)[O-])c1ccccc1. The maximum atomic E-state index is 12.3. The van der Waals surface area contributed by atoms with Crippen molar-refractivity contribution in [2.24, 2.45) is 5.92 Å². The van der Waals surface area contributed by atoms with Gasteiger partial charge in [0.15, 0.2) is 12.4 Å². The maximum Gasteiger partial charge on any atom is 0.312 e. The monoisotopic (exact) mass is 376 g/mol. The van der Waals surface area contributed by atoms with Crippen LogP contribution in [0.25, 0.3) is 0 Å². The fraction of sp³-hybridized carbons (Fsp3) is 0.316. The lowest BCUT2D eigenvalue weighted by atomic mass is 9.97. The number of nitrogens with zero attached hydrogens (tertiary/aromatic N) is 1. The Morgan fingerprint density at radius 3 is 2.54 bits per heavy atom. The maximum absolute atomic E-state index is 12.3. The summed E-state index contributed by atoms with van der Waals surface area (Å²) in [5.41, 5.74) is 0.735. The highest BCUT2D eigenvalue weighted by atomic mass is 35.5. The number of carbonyl (C=O) groups excluding carboxylic acids is 1. The Hall–Kier alpha value is -2.60. The van der Waals surface area contributed by atoms with Crippen molar-refractivity contribution in [1.82, 2.24) is 5.32 Å². The summed E-state index contributed by atoms with van der Waals surface area (Å²) < 4.78 is 5.34. The van der Waals surface area contributed by atoms with Gasteiger partial charge in [0.05, 0.1) is 11.0 Å². The van der Waals surface area contributed by atoms with Crippen LogP contribution in [-0.2, 0) is 4.79 Å². The molecule has 1 atom stereocenters. The number of amides is 1. The highest BCUT2D eigenvalue weighted by Crippen LogP contribution is 2.30. The molecule has 0 aliphatic rings. The standard InChI is InChI=1S/C19H21ClN2O4/c1-13(2)10-16(14-6-4-3-5-7-14)21-19(23)12-26-18-9-8-15(20)11-17(18)22(24)25/h3-9,11,13,16H,10,12H2,1-2H3,(H,21,23)/t16-/m1/s1. The van der Waals surface area contributed by atoms with Crippen LogP contribution in [0.2, 0.25) is 5.02 Å². The van der Waals surface area contributed by atoms with Crippen LogP contribution in [0.4, 0.5) is 5.69 Å². The molecular weight excluding hydrogens is 356 g/mol. The zero-order chi connectivity index (χ0) is 19.1. The average molecular weight is 377 g/mol. The molecule has 2 aromatic rings. The number of ether oxygens (including phenoxy) is 1. The molecule has 26 heavy (non-hydrogen) atoms. The summed E-state index contributed by atoms with van der Waals surface area (Å²) in [5, 5.41) is 14.2. The molecule has 6 nitrogen and oxygen atoms in total. The largest absolute Gasteiger partial charge is 0.477 e. The second-order valence-corrected chi connectivity index (χ2v) is 6.75. The number of halogens is 1. The third kappa shape index (κ3) is 5.74. The smallest absolute Gasteiger partial charge is 0.312 e. The predicted octanol–water partition coefficient (Wildman–Crippen LogP) is 4.53. The van der Waals surface area contributed by atoms with Crippen LogP contribution in [-0.4, -0.2) is 17.4 Å². The van der Waals surface area contributed by atoms with Gasteiger partial charge in [-0.25, -0.2) is 0 Å². The molecule has 0 aromatic heterocycles. The number of hydrogen-bond donors (Lipinski definition) is 1. The molecule has 0 unspecified atom stereocenters. The number of hydrogen-bond acceptors (Lipinski definition) is 4. The Morgan fingerprint density at radius 1 is 1.23 bits per heavy atom. The molecule has 138 valence electrons. The van der Waals surface area contributed by atoms with Gasteiger partial charge in [0.25, 0.3) is 5.91 Å². The summed E-state index contributed by atoms with van der Waals surface area (Å²) in [4.78, 5) is 22.8. The first-order valence-corrected chi connectivity index (χ1v) is 8.65. The van der Waals surface area contributed by atoms with Crippen LogP contribution in [0.5, 0.6) is 5.75 Å². The molecular formula is C19H21ClN2O4. The second-order valence-electron chi connectivity index (χ2n) is 6.32. The van der Waals surface area contributed by atoms with Gasteiger partial charge in [0.1, 0.15) is 0 Å². The van der Waals surface area contributed by atoms with Crippen LogP contribution >= 0.6 is 11.6 Å². The number of rotatable bonds is 8. The summed E-state index contributed by atoms with van der Waals surface area (Å²) in [6.07, 6.45) is 0.775. The first-order valence-electron chi connectivity index (χ1n) is 8.28. The molecule has 0 aliphatic carbocycles. The molecule has 0 spiro atoms. The lowest BCUT2D eigenvalue weighted by molar-refractivity contribution is -0.385. The van der Waals surface area contributed by atoms with Gasteiger partial charge in [0, 0.05) is 11.1 Å². The van der Waals surface area contributed by atoms with E-state index in [-0.39, 0.29) is 35.0 Å². The molecule has 2 aromatic carbocycles. The van der Waals surface area contributed by atoms with Gasteiger partial charge in [-0.3, -0.25) is 14.9 Å². The second kappa shape index (κ2) is 9.20. The first kappa shape index (κ1) is 19.7. The van der Waals surface area contributed by atoms with Crippen LogP contribution in [0, 0.1) is 16.0 Å². The minimum atomic E-state index is -0.593. The fourth-order valence-electron chi connectivity index (χ4n) is 2.57. The zero-order valence-electron chi connectivity index (χ0n) is 14.6. The van der Waals surface area contributed by atoms with Gasteiger partial charge in [0.2, 0.25) is 0 Å². The lowest BCUT2D eigenvalue weighted by Crippen LogP contribution is -2.33. The normalized spacial score (nSPS) is 11.8. The number of nitro groups is 1. The molecule has 0 radical (unpaired) electrons. The van der Waals surface area contributed by atoms with E-state index in [1.807, 2.05) is 30.3 Å². The van der Waals surface area contributed by atoms with E-state index in [0.29, 0.717) is 5.92 Å². The topological polar surface area (TPSA) is 81.5 Å². The molecule has 2 rings (SSSR count). The number of nitrogens with one attached hydrogen (secondary N) is 1. The molecule has 0 fully saturated rings. The van der Waals surface area contributed by atoms with Crippen molar-refractivity contribution in [2.75, 3.05) is 6.61 Å². The summed E-state index contributed by atoms with van der Waals surface area (Å²) in [5.74, 6) is 0.0530. The van der Waals surface area contributed by atoms with E-state index >= 15 is 0 Å². The van der Waals surface area contributed by atoms with E-state index in [1.165, 1.54) is 18.2 Å². The summed E-state index contributed by atoms with van der Waals surface area (Å²) >= 11 is 5.77. The molecule has 1 N–H and O–H groups in total. The van der Waals surface area contributed by atoms with Crippen molar-refractivity contribution in [1.29, 1.82) is 0 Å². The van der Waals surface area contributed by atoms with E-state index in [2.05, 4.69) is 19.2 Å². The molecule has 1 amide bonds. The third-order valence-electron chi connectivity index (χ3n) is 3.72. The molecule has 7 heteroatoms. The van der Waals surface area contributed by atoms with Gasteiger partial charge in [-0.1, -0.05) is 55.8 Å². The van der Waals surface area contributed by atoms with Crippen LogP contribution in [0.1, 0.15) is 31.9 Å². The molecule has 0 saturated carbocycles. The number of carbonyl (C=O) groups is 1. The van der Waals surface area contributed by atoms with Crippen molar-refractivity contribution >= 4 is 23.2 Å². The van der Waals surface area contributed by atoms with E-state index in [4.69, 9.17) is 16.3 Å². The summed E-state index contributed by atoms with van der Waals surface area (Å²) in [6, 6.07) is 13.6. The average Bonchev–Trinajstić information content (AvgIpc) is 2.60. The van der Waals surface area contributed by atoms with Crippen LogP contribution < -0.4 is 10.1 Å². The Morgan fingerprint density at radius 2 is 1.92 bits per heavy atom. The predicted molar refractivity (Wildman–Crippen MR) is 100 cm³/mol. The zero-order valence-corrected chi connectivity index (χ0v) is 15.4. The van der Waals surface area contributed by atoms with Gasteiger partial charge in [-0.2, -0.15) is 0 Å². The van der Waals surface area contributed by atoms with Crippen molar-refractivity contribution in [3.8, 4) is 5.75 Å². The highest BCUT2D eigenvalue weighted by Gasteiger charge is 2.19. The summed E-state index contributed by atoms with van der Waals surface area (Å²) in [6.45, 7) is 3.84. The van der Waals surface area contributed by atoms with E-state index in [9.17, 15) is 14.9 Å². The minimum Gasteiger partial charge on any atom is -0.477 e. The van der Waals surface area contributed by atoms with Crippen molar-refractivity contribution in [3.63, 3.8) is 0 Å². The first-order chi connectivity index (χ1) is 12.4. The van der Waals surface area contributed by atoms with Gasteiger partial charge < -0.3 is 10.1 Å². The highest BCUT2D eigenvalue weighted by molar-refractivity contribution is 6.30. The lowest BCUT2D eigenvalue weighted by Gasteiger charge is -2.21. The van der Waals surface area contributed by atoms with E-state index in [0.717, 1.165) is 12.0 Å². The Kier molecular flexibility index (Phi) is 6.97. The third-order valence-corrected chi connectivity index (χ3v) is 3.96. The number of benzene rings is 2. The van der Waals surface area contributed by atoms with E-state index in [1.54, 1.807) is 0 Å². The van der Waals surface area contributed by atoms with Crippen molar-refractivity contribution in [2.45, 2.75) is 26.3 Å². The molecule has 0 heterocycles. The fourth-order valence-corrected chi connectivity index (χ4v) is 2.74. The Balaban J connectivity index is 2.04. The van der Waals surface area contributed by atoms with E-state index < -0.39 is 4.92 Å². The van der Waals surface area contributed by atoms with Crippen LogP contribution in [0.15, 0.2) is 48.5 Å². The van der Waals surface area contributed by atoms with Gasteiger partial charge in [-0.15, -0.1) is 0 Å². The molecule has 0 bridgehead atoms. The Labute approximate surface area is 157 Å². The Bertz CT molecular complexity index is 765. The minimum absolute atomic E-state index is 0.00895. The van der Waals surface area contributed by atoms with Gasteiger partial charge in [-0.05, 0) is 30.0 Å². The van der Waals surface area contributed by atoms with Crippen molar-refractivity contribution < 1.29 is 14.5 Å². The van der Waals surface area contributed by atoms with Crippen LogP contribution in [0.3, 0.4) is 0 Å². The quantitative estimate of drug-likeness (QED) is 0.542. The number of nitro benzene ring substituents is 1. The van der Waals surface area contributed by atoms with Gasteiger partial charge >= 0.3 is 5.69 Å². The molecule has 0 saturated heterocycles. The molecule has 0 aliphatic heterocycles. The summed E-state index contributed by atoms with van der Waals surface area (Å²) in [7, 11) is 0. The van der Waals surface area contributed by atoms with Crippen molar-refractivity contribution in [3.05, 3.63) is 69.2 Å².